The highest BCUT2D eigenvalue weighted by molar-refractivity contribution is 7.89. The van der Waals surface area contributed by atoms with E-state index in [9.17, 15) is 13.2 Å². The van der Waals surface area contributed by atoms with Crippen LogP contribution in [-0.2, 0) is 14.8 Å². The van der Waals surface area contributed by atoms with Crippen molar-refractivity contribution in [1.82, 2.24) is 14.2 Å². The van der Waals surface area contributed by atoms with Crippen molar-refractivity contribution in [2.75, 3.05) is 37.6 Å². The minimum atomic E-state index is -3.66. The number of carbonyl (C=O) groups is 1. The van der Waals surface area contributed by atoms with Crippen LogP contribution in [0.3, 0.4) is 0 Å². The summed E-state index contributed by atoms with van der Waals surface area (Å²) in [4.78, 5) is 19.5. The molecule has 172 valence electrons. The van der Waals surface area contributed by atoms with E-state index in [-0.39, 0.29) is 5.91 Å². The number of carbonyl (C=O) groups excluding carboxylic acids is 1. The van der Waals surface area contributed by atoms with Crippen molar-refractivity contribution in [3.8, 4) is 11.3 Å². The molecule has 1 aromatic heterocycles. The lowest BCUT2D eigenvalue weighted by Gasteiger charge is -2.61. The van der Waals surface area contributed by atoms with Gasteiger partial charge >= 0.3 is 0 Å². The summed E-state index contributed by atoms with van der Waals surface area (Å²) in [6, 6.07) is 15.8. The fraction of sp³-hybridized carbons (Fsp3) is 0.400. The first-order valence-corrected chi connectivity index (χ1v) is 13.1. The highest BCUT2D eigenvalue weighted by Crippen LogP contribution is 2.44. The van der Waals surface area contributed by atoms with Gasteiger partial charge in [0.25, 0.3) is 0 Å². The Bertz CT molecular complexity index is 1320. The van der Waals surface area contributed by atoms with Crippen LogP contribution >= 0.6 is 0 Å². The summed E-state index contributed by atoms with van der Waals surface area (Å²) in [6.45, 7) is 4.98. The van der Waals surface area contributed by atoms with Crippen molar-refractivity contribution in [2.24, 2.45) is 0 Å². The summed E-state index contributed by atoms with van der Waals surface area (Å²) >= 11 is 0. The Morgan fingerprint density at radius 1 is 1.00 bits per heavy atom. The maximum Gasteiger partial charge on any atom is 0.243 e. The first-order chi connectivity index (χ1) is 15.9. The number of hydrogen-bond donors (Lipinski definition) is 1. The number of aromatic amines is 1. The van der Waals surface area contributed by atoms with E-state index in [1.165, 1.54) is 6.92 Å². The SMILES string of the molecule is CC(=O)N1CC2(CCN2S(=O)(=O)c2ccc(N3CCCC3)c(-c3cc4ccccc4[nH]3)c2)C1. The molecule has 0 radical (unpaired) electrons. The standard InChI is InChI=1S/C25H28N4O3S/c1-18(30)28-16-25(17-28)10-13-29(25)33(31,32)20-8-9-24(27-11-4-5-12-27)21(15-20)23-14-19-6-2-3-7-22(19)26-23/h2-3,6-9,14-15,26H,4-5,10-13,16-17H2,1H3. The van der Waals surface area contributed by atoms with Crippen molar-refractivity contribution in [1.29, 1.82) is 0 Å². The van der Waals surface area contributed by atoms with Gasteiger partial charge in [0, 0.05) is 67.5 Å². The van der Waals surface area contributed by atoms with Crippen LogP contribution in [0.5, 0.6) is 0 Å². The molecule has 3 aliphatic heterocycles. The Morgan fingerprint density at radius 2 is 1.76 bits per heavy atom. The highest BCUT2D eigenvalue weighted by atomic mass is 32.2. The maximum absolute atomic E-state index is 13.7. The minimum absolute atomic E-state index is 0.000867. The first kappa shape index (κ1) is 20.7. The van der Waals surface area contributed by atoms with E-state index in [0.717, 1.165) is 60.2 Å². The summed E-state index contributed by atoms with van der Waals surface area (Å²) in [5.41, 5.74) is 3.53. The summed E-state index contributed by atoms with van der Waals surface area (Å²) in [6.07, 6.45) is 3.10. The summed E-state index contributed by atoms with van der Waals surface area (Å²) < 4.78 is 29.0. The molecule has 0 atom stereocenters. The first-order valence-electron chi connectivity index (χ1n) is 11.6. The number of rotatable bonds is 4. The molecule has 6 rings (SSSR count). The predicted octanol–water partition coefficient (Wildman–Crippen LogP) is 3.43. The van der Waals surface area contributed by atoms with Crippen LogP contribution in [0, 0.1) is 0 Å². The third-order valence-corrected chi connectivity index (χ3v) is 9.55. The highest BCUT2D eigenvalue weighted by Gasteiger charge is 2.58. The molecule has 33 heavy (non-hydrogen) atoms. The molecule has 8 heteroatoms. The molecule has 1 N–H and O–H groups in total. The number of amides is 1. The number of hydrogen-bond acceptors (Lipinski definition) is 4. The Balaban J connectivity index is 1.40. The van der Waals surface area contributed by atoms with Gasteiger partial charge in [-0.2, -0.15) is 4.31 Å². The van der Waals surface area contributed by atoms with Gasteiger partial charge in [-0.3, -0.25) is 4.79 Å². The van der Waals surface area contributed by atoms with E-state index >= 15 is 0 Å². The largest absolute Gasteiger partial charge is 0.371 e. The molecule has 3 fully saturated rings. The molecule has 4 heterocycles. The van der Waals surface area contributed by atoms with Gasteiger partial charge < -0.3 is 14.8 Å². The normalized spacial score (nSPS) is 20.3. The zero-order chi connectivity index (χ0) is 22.8. The molecule has 0 unspecified atom stereocenters. The van der Waals surface area contributed by atoms with Crippen LogP contribution < -0.4 is 4.90 Å². The van der Waals surface area contributed by atoms with Crippen molar-refractivity contribution in [2.45, 2.75) is 36.6 Å². The fourth-order valence-corrected chi connectivity index (χ4v) is 7.38. The Kier molecular flexibility index (Phi) is 4.61. The fourth-order valence-electron chi connectivity index (χ4n) is 5.57. The van der Waals surface area contributed by atoms with Crippen LogP contribution in [0.1, 0.15) is 26.2 Å². The number of sulfonamides is 1. The average molecular weight is 465 g/mol. The number of para-hydroxylation sites is 1. The Labute approximate surface area is 194 Å². The number of likely N-dealkylation sites (tertiary alicyclic amines) is 1. The van der Waals surface area contributed by atoms with Crippen LogP contribution in [0.15, 0.2) is 53.4 Å². The van der Waals surface area contributed by atoms with E-state index in [4.69, 9.17) is 0 Å². The molecule has 0 saturated carbocycles. The summed E-state index contributed by atoms with van der Waals surface area (Å²) in [7, 11) is -3.66. The van der Waals surface area contributed by atoms with E-state index in [1.807, 2.05) is 30.3 Å². The van der Waals surface area contributed by atoms with Gasteiger partial charge in [0.1, 0.15) is 0 Å². The molecule has 7 nitrogen and oxygen atoms in total. The Morgan fingerprint density at radius 3 is 2.42 bits per heavy atom. The molecule has 0 aliphatic carbocycles. The van der Waals surface area contributed by atoms with Gasteiger partial charge in [0.05, 0.1) is 10.4 Å². The lowest BCUT2D eigenvalue weighted by atomic mass is 9.80. The molecular formula is C25H28N4O3S. The number of benzene rings is 2. The lowest BCUT2D eigenvalue weighted by Crippen LogP contribution is -2.78. The van der Waals surface area contributed by atoms with Gasteiger partial charge in [0.2, 0.25) is 15.9 Å². The van der Waals surface area contributed by atoms with Crippen molar-refractivity contribution >= 4 is 32.5 Å². The second kappa shape index (κ2) is 7.33. The number of anilines is 1. The summed E-state index contributed by atoms with van der Waals surface area (Å²) in [5.74, 6) is 0.000867. The van der Waals surface area contributed by atoms with Crippen LogP contribution in [0.2, 0.25) is 0 Å². The molecular weight excluding hydrogens is 436 g/mol. The van der Waals surface area contributed by atoms with E-state index in [2.05, 4.69) is 22.0 Å². The number of fused-ring (bicyclic) bond motifs is 1. The zero-order valence-corrected chi connectivity index (χ0v) is 19.6. The topological polar surface area (TPSA) is 76.7 Å². The van der Waals surface area contributed by atoms with E-state index in [1.54, 1.807) is 15.3 Å². The minimum Gasteiger partial charge on any atom is -0.371 e. The molecule has 1 spiro atoms. The van der Waals surface area contributed by atoms with Crippen LogP contribution in [0.4, 0.5) is 5.69 Å². The van der Waals surface area contributed by atoms with Gasteiger partial charge in [-0.25, -0.2) is 8.42 Å². The summed E-state index contributed by atoms with van der Waals surface area (Å²) in [5, 5.41) is 1.11. The number of nitrogens with zero attached hydrogens (tertiary/aromatic N) is 3. The van der Waals surface area contributed by atoms with Crippen LogP contribution in [-0.4, -0.2) is 66.8 Å². The van der Waals surface area contributed by atoms with Gasteiger partial charge in [-0.15, -0.1) is 0 Å². The van der Waals surface area contributed by atoms with Crippen molar-refractivity contribution in [3.05, 3.63) is 48.5 Å². The molecule has 3 aliphatic rings. The zero-order valence-electron chi connectivity index (χ0n) is 18.8. The number of H-pyrrole nitrogens is 1. The monoisotopic (exact) mass is 464 g/mol. The third kappa shape index (κ3) is 3.19. The third-order valence-electron chi connectivity index (χ3n) is 7.55. The van der Waals surface area contributed by atoms with E-state index in [0.29, 0.717) is 24.5 Å². The van der Waals surface area contributed by atoms with Crippen LogP contribution in [0.25, 0.3) is 22.2 Å². The van der Waals surface area contributed by atoms with Gasteiger partial charge in [-0.1, -0.05) is 18.2 Å². The second-order valence-corrected chi connectivity index (χ2v) is 11.4. The smallest absolute Gasteiger partial charge is 0.243 e. The molecule has 0 bridgehead atoms. The second-order valence-electron chi connectivity index (χ2n) is 9.57. The van der Waals surface area contributed by atoms with Crippen molar-refractivity contribution < 1.29 is 13.2 Å². The Hall–Kier alpha value is -2.84. The number of nitrogens with one attached hydrogen (secondary N) is 1. The average Bonchev–Trinajstić information content (AvgIpc) is 3.41. The molecule has 3 aromatic rings. The maximum atomic E-state index is 13.7. The molecule has 3 saturated heterocycles. The van der Waals surface area contributed by atoms with Crippen molar-refractivity contribution in [3.63, 3.8) is 0 Å². The molecule has 1 amide bonds. The van der Waals surface area contributed by atoms with Gasteiger partial charge in [0.15, 0.2) is 0 Å². The lowest BCUT2D eigenvalue weighted by molar-refractivity contribution is -0.147. The number of aromatic nitrogens is 1. The predicted molar refractivity (Wildman–Crippen MR) is 129 cm³/mol. The molecule has 2 aromatic carbocycles. The van der Waals surface area contributed by atoms with Gasteiger partial charge in [-0.05, 0) is 49.6 Å². The van der Waals surface area contributed by atoms with E-state index < -0.39 is 15.6 Å². The quantitative estimate of drug-likeness (QED) is 0.642.